The van der Waals surface area contributed by atoms with Crippen molar-refractivity contribution in [1.29, 1.82) is 0 Å². The molecule has 196 valence electrons. The molecule has 1 fully saturated rings. The lowest BCUT2D eigenvalue weighted by Gasteiger charge is -2.14. The highest BCUT2D eigenvalue weighted by Gasteiger charge is 2.35. The van der Waals surface area contributed by atoms with Crippen LogP contribution in [0.25, 0.3) is 6.08 Å². The number of hydrogen-bond donors (Lipinski definition) is 1. The average Bonchev–Trinajstić information content (AvgIpc) is 3.47. The maximum atomic E-state index is 13.0. The molecule has 0 saturated carbocycles. The number of halogens is 1. The summed E-state index contributed by atoms with van der Waals surface area (Å²) in [6.07, 6.45) is 1.37. The third kappa shape index (κ3) is 5.60. The van der Waals surface area contributed by atoms with Gasteiger partial charge in [0.05, 0.1) is 25.7 Å². The second kappa shape index (κ2) is 11.0. The van der Waals surface area contributed by atoms with Crippen molar-refractivity contribution < 1.29 is 37.9 Å². The molecule has 2 aromatic carbocycles. The van der Waals surface area contributed by atoms with Crippen molar-refractivity contribution >= 4 is 41.3 Å². The molecule has 0 aliphatic carbocycles. The van der Waals surface area contributed by atoms with Gasteiger partial charge in [-0.1, -0.05) is 23.7 Å². The summed E-state index contributed by atoms with van der Waals surface area (Å²) in [4.78, 5) is 48.6. The van der Waals surface area contributed by atoms with Crippen molar-refractivity contribution in [3.05, 3.63) is 92.0 Å². The Kier molecular flexibility index (Phi) is 7.63. The number of amides is 3. The SMILES string of the molecule is COC(=O)c1ccc(CN2C(=O)N/C(=C/c3cc(Cl)cc(OC)c3OCc3cccc([N+](=O)[O-])c3)C2=O)o1. The molecular weight excluding hydrogens is 522 g/mol. The maximum absolute atomic E-state index is 13.0. The lowest BCUT2D eigenvalue weighted by atomic mass is 10.1. The van der Waals surface area contributed by atoms with E-state index in [1.54, 1.807) is 6.07 Å². The van der Waals surface area contributed by atoms with Gasteiger partial charge in [-0.2, -0.15) is 0 Å². The fourth-order valence-electron chi connectivity index (χ4n) is 3.62. The van der Waals surface area contributed by atoms with Gasteiger partial charge in [-0.3, -0.25) is 19.8 Å². The highest BCUT2D eigenvalue weighted by atomic mass is 35.5. The highest BCUT2D eigenvalue weighted by Crippen LogP contribution is 2.37. The Balaban J connectivity index is 1.59. The number of rotatable bonds is 9. The van der Waals surface area contributed by atoms with Gasteiger partial charge in [0, 0.05) is 28.8 Å². The molecule has 4 rings (SSSR count). The standard InChI is InChI=1S/C25H20ClN3O9/c1-35-21-11-16(26)9-15(22(21)37-13-14-4-3-5-17(8-14)29(33)34)10-19-23(30)28(25(32)27-19)12-18-6-7-20(38-18)24(31)36-2/h3-11H,12-13H2,1-2H3,(H,27,32)/b19-10+. The number of carbonyl (C=O) groups excluding carboxylic acids is 3. The molecule has 3 amide bonds. The molecule has 3 aromatic rings. The number of methoxy groups -OCH3 is 2. The number of nitrogens with one attached hydrogen (secondary N) is 1. The largest absolute Gasteiger partial charge is 0.493 e. The number of furan rings is 1. The van der Waals surface area contributed by atoms with Gasteiger partial charge in [0.25, 0.3) is 11.6 Å². The summed E-state index contributed by atoms with van der Waals surface area (Å²) in [6.45, 7) is -0.280. The third-order valence-electron chi connectivity index (χ3n) is 5.40. The Bertz CT molecular complexity index is 1460. The van der Waals surface area contributed by atoms with Gasteiger partial charge >= 0.3 is 12.0 Å². The molecule has 0 bridgehead atoms. The monoisotopic (exact) mass is 541 g/mol. The van der Waals surface area contributed by atoms with E-state index in [0.717, 1.165) is 4.90 Å². The van der Waals surface area contributed by atoms with Gasteiger partial charge in [-0.05, 0) is 29.8 Å². The molecule has 1 saturated heterocycles. The van der Waals surface area contributed by atoms with E-state index < -0.39 is 22.8 Å². The smallest absolute Gasteiger partial charge is 0.373 e. The first-order valence-electron chi connectivity index (χ1n) is 11.0. The number of ether oxygens (including phenoxy) is 3. The molecule has 13 heteroatoms. The van der Waals surface area contributed by atoms with E-state index >= 15 is 0 Å². The van der Waals surface area contributed by atoms with Crippen LogP contribution >= 0.6 is 11.6 Å². The number of imide groups is 1. The number of urea groups is 1. The minimum absolute atomic E-state index is 0.0523. The van der Waals surface area contributed by atoms with Crippen molar-refractivity contribution in [2.24, 2.45) is 0 Å². The van der Waals surface area contributed by atoms with Crippen LogP contribution in [0, 0.1) is 10.1 Å². The van der Waals surface area contributed by atoms with Crippen LogP contribution in [0.3, 0.4) is 0 Å². The first-order chi connectivity index (χ1) is 18.2. The molecule has 1 aromatic heterocycles. The summed E-state index contributed by atoms with van der Waals surface area (Å²) >= 11 is 6.23. The lowest BCUT2D eigenvalue weighted by Crippen LogP contribution is -2.30. The summed E-state index contributed by atoms with van der Waals surface area (Å²) in [5.41, 5.74) is 0.678. The molecule has 0 unspecified atom stereocenters. The second-order valence-electron chi connectivity index (χ2n) is 7.88. The van der Waals surface area contributed by atoms with Crippen molar-refractivity contribution in [1.82, 2.24) is 10.2 Å². The Morgan fingerprint density at radius 1 is 1.18 bits per heavy atom. The maximum Gasteiger partial charge on any atom is 0.373 e. The molecule has 1 aliphatic heterocycles. The van der Waals surface area contributed by atoms with Gasteiger partial charge in [-0.15, -0.1) is 0 Å². The summed E-state index contributed by atoms with van der Waals surface area (Å²) in [7, 11) is 2.60. The van der Waals surface area contributed by atoms with Crippen LogP contribution in [-0.4, -0.2) is 42.0 Å². The minimum atomic E-state index is -0.703. The van der Waals surface area contributed by atoms with Crippen LogP contribution in [0.4, 0.5) is 10.5 Å². The van der Waals surface area contributed by atoms with Crippen LogP contribution in [-0.2, 0) is 22.7 Å². The molecule has 0 atom stereocenters. The fraction of sp³-hybridized carbons (Fsp3) is 0.160. The molecule has 1 N–H and O–H groups in total. The predicted octanol–water partition coefficient (Wildman–Crippen LogP) is 4.31. The molecule has 1 aliphatic rings. The number of non-ortho nitro benzene ring substituents is 1. The number of hydrogen-bond acceptors (Lipinski definition) is 9. The Morgan fingerprint density at radius 3 is 2.68 bits per heavy atom. The van der Waals surface area contributed by atoms with E-state index in [9.17, 15) is 24.5 Å². The first kappa shape index (κ1) is 26.2. The van der Waals surface area contributed by atoms with Crippen LogP contribution in [0.1, 0.15) is 27.4 Å². The number of nitro groups is 1. The lowest BCUT2D eigenvalue weighted by molar-refractivity contribution is -0.384. The number of esters is 1. The van der Waals surface area contributed by atoms with Crippen LogP contribution in [0.5, 0.6) is 11.5 Å². The van der Waals surface area contributed by atoms with Crippen LogP contribution in [0.2, 0.25) is 5.02 Å². The molecule has 2 heterocycles. The van der Waals surface area contributed by atoms with Crippen molar-refractivity contribution in [3.8, 4) is 11.5 Å². The molecular formula is C25H20ClN3O9. The predicted molar refractivity (Wildman–Crippen MR) is 133 cm³/mol. The molecule has 0 radical (unpaired) electrons. The number of nitrogens with zero attached hydrogens (tertiary/aromatic N) is 2. The Hall–Kier alpha value is -4.84. The summed E-state index contributed by atoms with van der Waals surface area (Å²) in [6, 6.07) is 11.1. The van der Waals surface area contributed by atoms with E-state index in [1.165, 1.54) is 62.8 Å². The zero-order valence-electron chi connectivity index (χ0n) is 20.1. The minimum Gasteiger partial charge on any atom is -0.493 e. The van der Waals surface area contributed by atoms with Crippen LogP contribution in [0.15, 0.2) is 58.6 Å². The van der Waals surface area contributed by atoms with E-state index in [0.29, 0.717) is 11.1 Å². The molecule has 38 heavy (non-hydrogen) atoms. The van der Waals surface area contributed by atoms with E-state index in [1.807, 2.05) is 0 Å². The highest BCUT2D eigenvalue weighted by molar-refractivity contribution is 6.31. The Labute approximate surface area is 220 Å². The fourth-order valence-corrected chi connectivity index (χ4v) is 3.83. The number of carbonyl (C=O) groups is 3. The molecule has 0 spiro atoms. The third-order valence-corrected chi connectivity index (χ3v) is 5.62. The average molecular weight is 542 g/mol. The van der Waals surface area contributed by atoms with E-state index in [-0.39, 0.29) is 52.6 Å². The summed E-state index contributed by atoms with van der Waals surface area (Å²) in [5.74, 6) is -0.780. The Morgan fingerprint density at radius 2 is 1.97 bits per heavy atom. The first-order valence-corrected chi connectivity index (χ1v) is 11.3. The quantitative estimate of drug-likeness (QED) is 0.137. The zero-order valence-corrected chi connectivity index (χ0v) is 20.8. The van der Waals surface area contributed by atoms with E-state index in [4.69, 9.17) is 25.5 Å². The normalized spacial score (nSPS) is 14.0. The number of benzene rings is 2. The van der Waals surface area contributed by atoms with Crippen molar-refractivity contribution in [2.75, 3.05) is 14.2 Å². The van der Waals surface area contributed by atoms with Crippen molar-refractivity contribution in [3.63, 3.8) is 0 Å². The van der Waals surface area contributed by atoms with Crippen molar-refractivity contribution in [2.45, 2.75) is 13.2 Å². The summed E-state index contributed by atoms with van der Waals surface area (Å²) in [5, 5.41) is 13.8. The molecule has 12 nitrogen and oxygen atoms in total. The van der Waals surface area contributed by atoms with Gasteiger partial charge < -0.3 is 23.9 Å². The van der Waals surface area contributed by atoms with Gasteiger partial charge in [0.15, 0.2) is 11.5 Å². The summed E-state index contributed by atoms with van der Waals surface area (Å²) < 4.78 is 21.2. The van der Waals surface area contributed by atoms with Crippen LogP contribution < -0.4 is 14.8 Å². The van der Waals surface area contributed by atoms with E-state index in [2.05, 4.69) is 10.1 Å². The van der Waals surface area contributed by atoms with Gasteiger partial charge in [-0.25, -0.2) is 9.59 Å². The zero-order chi connectivity index (χ0) is 27.4. The second-order valence-corrected chi connectivity index (χ2v) is 8.32. The van der Waals surface area contributed by atoms with Gasteiger partial charge in [0.2, 0.25) is 5.76 Å². The van der Waals surface area contributed by atoms with Gasteiger partial charge in [0.1, 0.15) is 18.1 Å². The topological polar surface area (TPSA) is 150 Å². The number of nitro benzene ring substituents is 1.